The monoisotopic (exact) mass is 330 g/mol. The summed E-state index contributed by atoms with van der Waals surface area (Å²) in [4.78, 5) is 24.2. The van der Waals surface area contributed by atoms with Gasteiger partial charge in [0.25, 0.3) is 5.91 Å². The van der Waals surface area contributed by atoms with E-state index in [0.29, 0.717) is 16.8 Å². The highest BCUT2D eigenvalue weighted by molar-refractivity contribution is 6.08. The predicted molar refractivity (Wildman–Crippen MR) is 90.8 cm³/mol. The summed E-state index contributed by atoms with van der Waals surface area (Å²) < 4.78 is 18.2. The van der Waals surface area contributed by atoms with Crippen molar-refractivity contribution in [3.63, 3.8) is 0 Å². The smallest absolute Gasteiger partial charge is 0.338 e. The van der Waals surface area contributed by atoms with Crippen LogP contribution in [0, 0.1) is 26.6 Å². The summed E-state index contributed by atoms with van der Waals surface area (Å²) in [5, 5.41) is 2.71. The molecule has 0 aliphatic heterocycles. The Balaban J connectivity index is 2.39. The Labute approximate surface area is 139 Å². The molecule has 0 saturated heterocycles. The second kappa shape index (κ2) is 6.70. The number of nitrogens with two attached hydrogens (primary N) is 1. The molecule has 0 saturated carbocycles. The Bertz CT molecular complexity index is 831. The molecule has 2 aromatic carbocycles. The minimum absolute atomic E-state index is 0.0496. The summed E-state index contributed by atoms with van der Waals surface area (Å²) in [6.07, 6.45) is 0. The number of ether oxygens (including phenoxy) is 1. The summed E-state index contributed by atoms with van der Waals surface area (Å²) in [5.74, 6) is -1.43. The standard InChI is InChI=1S/C18H19FN2O3/c1-9-5-11(3)16(7-12(9)18(23)24-4)21-17(22)13-6-10(2)14(19)8-15(13)20/h5-8H,20H2,1-4H3,(H,21,22). The van der Waals surface area contributed by atoms with Crippen molar-refractivity contribution in [1.29, 1.82) is 0 Å². The summed E-state index contributed by atoms with van der Waals surface area (Å²) in [5.41, 5.74) is 8.64. The van der Waals surface area contributed by atoms with E-state index in [-0.39, 0.29) is 11.3 Å². The van der Waals surface area contributed by atoms with Crippen LogP contribution in [0.15, 0.2) is 24.3 Å². The molecule has 0 aromatic heterocycles. The Morgan fingerprint density at radius 3 is 2.29 bits per heavy atom. The first-order valence-corrected chi connectivity index (χ1v) is 7.31. The second-order valence-electron chi connectivity index (χ2n) is 5.62. The van der Waals surface area contributed by atoms with Crippen LogP contribution in [-0.2, 0) is 4.74 Å². The molecule has 0 heterocycles. The predicted octanol–water partition coefficient (Wildman–Crippen LogP) is 3.37. The van der Waals surface area contributed by atoms with E-state index in [4.69, 9.17) is 10.5 Å². The number of amides is 1. The van der Waals surface area contributed by atoms with Gasteiger partial charge in [-0.2, -0.15) is 0 Å². The lowest BCUT2D eigenvalue weighted by atomic mass is 10.0. The number of aryl methyl sites for hydroxylation is 3. The number of halogens is 1. The lowest BCUT2D eigenvalue weighted by molar-refractivity contribution is 0.0599. The highest BCUT2D eigenvalue weighted by Gasteiger charge is 2.16. The van der Waals surface area contributed by atoms with Gasteiger partial charge in [-0.15, -0.1) is 0 Å². The third-order valence-electron chi connectivity index (χ3n) is 3.80. The van der Waals surface area contributed by atoms with Gasteiger partial charge in [0.05, 0.1) is 18.2 Å². The number of carbonyl (C=O) groups excluding carboxylic acids is 2. The molecule has 24 heavy (non-hydrogen) atoms. The third kappa shape index (κ3) is 3.37. The number of esters is 1. The van der Waals surface area contributed by atoms with Crippen LogP contribution in [-0.4, -0.2) is 19.0 Å². The molecular formula is C18H19FN2O3. The highest BCUT2D eigenvalue weighted by atomic mass is 19.1. The molecule has 0 radical (unpaired) electrons. The van der Waals surface area contributed by atoms with E-state index in [2.05, 4.69) is 5.32 Å². The van der Waals surface area contributed by atoms with Crippen LogP contribution < -0.4 is 11.1 Å². The summed E-state index contributed by atoms with van der Waals surface area (Å²) in [7, 11) is 1.29. The van der Waals surface area contributed by atoms with E-state index in [9.17, 15) is 14.0 Å². The van der Waals surface area contributed by atoms with Crippen LogP contribution in [0.4, 0.5) is 15.8 Å². The zero-order chi connectivity index (χ0) is 18.0. The van der Waals surface area contributed by atoms with Crippen molar-refractivity contribution in [2.45, 2.75) is 20.8 Å². The van der Waals surface area contributed by atoms with Crippen LogP contribution in [0.3, 0.4) is 0 Å². The van der Waals surface area contributed by atoms with Gasteiger partial charge in [-0.3, -0.25) is 4.79 Å². The van der Waals surface area contributed by atoms with E-state index < -0.39 is 17.7 Å². The molecule has 0 aliphatic rings. The number of methoxy groups -OCH3 is 1. The minimum Gasteiger partial charge on any atom is -0.465 e. The van der Waals surface area contributed by atoms with Crippen LogP contribution in [0.1, 0.15) is 37.4 Å². The van der Waals surface area contributed by atoms with Crippen molar-refractivity contribution in [1.82, 2.24) is 0 Å². The molecule has 3 N–H and O–H groups in total. The third-order valence-corrected chi connectivity index (χ3v) is 3.80. The highest BCUT2D eigenvalue weighted by Crippen LogP contribution is 2.24. The maximum Gasteiger partial charge on any atom is 0.338 e. The van der Waals surface area contributed by atoms with Crippen molar-refractivity contribution >= 4 is 23.3 Å². The van der Waals surface area contributed by atoms with Crippen LogP contribution in [0.25, 0.3) is 0 Å². The fourth-order valence-corrected chi connectivity index (χ4v) is 2.40. The van der Waals surface area contributed by atoms with Gasteiger partial charge < -0.3 is 15.8 Å². The van der Waals surface area contributed by atoms with E-state index in [1.807, 2.05) is 6.92 Å². The zero-order valence-corrected chi connectivity index (χ0v) is 14.0. The molecule has 2 aromatic rings. The summed E-state index contributed by atoms with van der Waals surface area (Å²) >= 11 is 0. The van der Waals surface area contributed by atoms with Crippen molar-refractivity contribution < 1.29 is 18.7 Å². The van der Waals surface area contributed by atoms with Crippen molar-refractivity contribution in [2.75, 3.05) is 18.2 Å². The molecule has 0 atom stereocenters. The number of rotatable bonds is 3. The van der Waals surface area contributed by atoms with Gasteiger partial charge in [-0.1, -0.05) is 6.07 Å². The van der Waals surface area contributed by atoms with E-state index in [0.717, 1.165) is 17.2 Å². The molecule has 0 aliphatic carbocycles. The molecule has 2 rings (SSSR count). The van der Waals surface area contributed by atoms with Gasteiger partial charge in [0.2, 0.25) is 0 Å². The molecule has 6 heteroatoms. The van der Waals surface area contributed by atoms with Crippen LogP contribution >= 0.6 is 0 Å². The zero-order valence-electron chi connectivity index (χ0n) is 14.0. The van der Waals surface area contributed by atoms with Gasteiger partial charge in [-0.05, 0) is 55.7 Å². The van der Waals surface area contributed by atoms with E-state index in [1.165, 1.54) is 13.2 Å². The first-order valence-electron chi connectivity index (χ1n) is 7.31. The Hall–Kier alpha value is -2.89. The fraction of sp³-hybridized carbons (Fsp3) is 0.222. The fourth-order valence-electron chi connectivity index (χ4n) is 2.40. The maximum absolute atomic E-state index is 13.5. The number of anilines is 2. The number of benzene rings is 2. The molecule has 0 bridgehead atoms. The molecular weight excluding hydrogens is 311 g/mol. The van der Waals surface area contributed by atoms with Crippen molar-refractivity contribution in [3.05, 3.63) is 57.9 Å². The summed E-state index contributed by atoms with van der Waals surface area (Å²) in [6.45, 7) is 5.15. The Morgan fingerprint density at radius 1 is 1.00 bits per heavy atom. The topological polar surface area (TPSA) is 81.4 Å². The number of hydrogen-bond donors (Lipinski definition) is 2. The van der Waals surface area contributed by atoms with Crippen molar-refractivity contribution in [2.24, 2.45) is 0 Å². The van der Waals surface area contributed by atoms with Gasteiger partial charge >= 0.3 is 5.97 Å². The first-order chi connectivity index (χ1) is 11.2. The van der Waals surface area contributed by atoms with E-state index in [1.54, 1.807) is 26.0 Å². The number of nitrogens with one attached hydrogen (secondary N) is 1. The number of carbonyl (C=O) groups is 2. The van der Waals surface area contributed by atoms with Gasteiger partial charge in [0.15, 0.2) is 0 Å². The Morgan fingerprint density at radius 2 is 1.67 bits per heavy atom. The molecule has 126 valence electrons. The van der Waals surface area contributed by atoms with Crippen LogP contribution in [0.2, 0.25) is 0 Å². The molecule has 1 amide bonds. The molecule has 0 spiro atoms. The Kier molecular flexibility index (Phi) is 4.87. The lowest BCUT2D eigenvalue weighted by Crippen LogP contribution is -2.16. The average molecular weight is 330 g/mol. The van der Waals surface area contributed by atoms with Crippen LogP contribution in [0.5, 0.6) is 0 Å². The first kappa shape index (κ1) is 17.5. The average Bonchev–Trinajstić information content (AvgIpc) is 2.52. The second-order valence-corrected chi connectivity index (χ2v) is 5.62. The van der Waals surface area contributed by atoms with Gasteiger partial charge in [-0.25, -0.2) is 9.18 Å². The summed E-state index contributed by atoms with van der Waals surface area (Å²) in [6, 6.07) is 5.85. The lowest BCUT2D eigenvalue weighted by Gasteiger charge is -2.13. The molecule has 5 nitrogen and oxygen atoms in total. The molecule has 0 fully saturated rings. The SMILES string of the molecule is COC(=O)c1cc(NC(=O)c2cc(C)c(F)cc2N)c(C)cc1C. The van der Waals surface area contributed by atoms with Gasteiger partial charge in [0, 0.05) is 11.4 Å². The van der Waals surface area contributed by atoms with Gasteiger partial charge in [0.1, 0.15) is 5.82 Å². The number of nitrogen functional groups attached to an aromatic ring is 1. The number of hydrogen-bond acceptors (Lipinski definition) is 4. The quantitative estimate of drug-likeness (QED) is 0.668. The van der Waals surface area contributed by atoms with E-state index >= 15 is 0 Å². The van der Waals surface area contributed by atoms with Crippen molar-refractivity contribution in [3.8, 4) is 0 Å². The minimum atomic E-state index is -0.486. The maximum atomic E-state index is 13.5. The largest absolute Gasteiger partial charge is 0.465 e. The molecule has 0 unspecified atom stereocenters. The normalized spacial score (nSPS) is 10.4.